The summed E-state index contributed by atoms with van der Waals surface area (Å²) in [4.78, 5) is 12.4. The number of ether oxygens (including phenoxy) is 1. The molecule has 0 aliphatic rings. The fraction of sp³-hybridized carbons (Fsp3) is 0.188. The van der Waals surface area contributed by atoms with Crippen molar-refractivity contribution >= 4 is 56.6 Å². The van der Waals surface area contributed by atoms with Crippen molar-refractivity contribution in [3.05, 3.63) is 60.2 Å². The normalized spacial score (nSPS) is 11.8. The number of carbonyl (C=O) groups excluding carboxylic acids is 1. The van der Waals surface area contributed by atoms with Gasteiger partial charge in [-0.3, -0.25) is 0 Å². The monoisotopic (exact) mass is 421 g/mol. The molecule has 0 aromatic heterocycles. The van der Waals surface area contributed by atoms with E-state index in [0.29, 0.717) is 4.31 Å². The fourth-order valence-corrected chi connectivity index (χ4v) is 3.43. The third kappa shape index (κ3) is 5.25. The molecule has 1 amide bonds. The van der Waals surface area contributed by atoms with Crippen LogP contribution in [0.15, 0.2) is 59.5 Å². The Morgan fingerprint density at radius 2 is 1.60 bits per heavy atom. The molecule has 0 fully saturated rings. The van der Waals surface area contributed by atoms with Crippen LogP contribution in [-0.4, -0.2) is 24.9 Å². The Labute approximate surface area is 161 Å². The topological polar surface area (TPSA) is 63.7 Å². The van der Waals surface area contributed by atoms with Crippen molar-refractivity contribution in [3.63, 3.8) is 0 Å². The van der Waals surface area contributed by atoms with E-state index in [1.165, 1.54) is 24.3 Å². The van der Waals surface area contributed by atoms with Crippen molar-refractivity contribution in [2.75, 3.05) is 10.9 Å². The fourth-order valence-electron chi connectivity index (χ4n) is 1.92. The summed E-state index contributed by atoms with van der Waals surface area (Å²) in [5.74, 6) is 0. The lowest BCUT2D eigenvalue weighted by atomic mass is 10.2. The van der Waals surface area contributed by atoms with Gasteiger partial charge in [0.1, 0.15) is 6.61 Å². The molecule has 0 saturated carbocycles. The Morgan fingerprint density at radius 3 is 2.12 bits per heavy atom. The maximum Gasteiger partial charge on any atom is 0.428 e. The molecule has 2 aromatic carbocycles. The summed E-state index contributed by atoms with van der Waals surface area (Å²) in [6.07, 6.45) is -1.17. The number of alkyl halides is 3. The smallest absolute Gasteiger partial charge is 0.428 e. The van der Waals surface area contributed by atoms with E-state index in [1.54, 1.807) is 30.3 Å². The van der Waals surface area contributed by atoms with Crippen molar-refractivity contribution < 1.29 is 17.9 Å². The maximum atomic E-state index is 12.9. The lowest BCUT2D eigenvalue weighted by Crippen LogP contribution is -2.38. The number of hydrogen-bond donors (Lipinski definition) is 0. The van der Waals surface area contributed by atoms with Crippen molar-refractivity contribution in [2.45, 2.75) is 15.6 Å². The van der Waals surface area contributed by atoms with E-state index in [2.05, 4.69) is 0 Å². The quantitative estimate of drug-likeness (QED) is 0.670. The molecule has 9 heteroatoms. The Hall–Kier alpha value is -1.47. The zero-order chi connectivity index (χ0) is 18.7. The van der Waals surface area contributed by atoms with Gasteiger partial charge in [0.25, 0.3) is 10.0 Å². The first-order valence-electron chi connectivity index (χ1n) is 7.02. The minimum absolute atomic E-state index is 0.0622. The zero-order valence-corrected chi connectivity index (χ0v) is 16.1. The van der Waals surface area contributed by atoms with Gasteiger partial charge in [-0.05, 0) is 31.2 Å². The van der Waals surface area contributed by atoms with Crippen molar-refractivity contribution in [3.8, 4) is 0 Å². The summed E-state index contributed by atoms with van der Waals surface area (Å²) in [5, 5.41) is 0. The molecule has 0 bridgehead atoms. The van der Waals surface area contributed by atoms with Crippen LogP contribution in [0.1, 0.15) is 5.56 Å². The van der Waals surface area contributed by atoms with E-state index in [0.717, 1.165) is 5.56 Å². The van der Waals surface area contributed by atoms with Crippen LogP contribution in [0, 0.1) is 6.92 Å². The van der Waals surface area contributed by atoms with Crippen LogP contribution < -0.4 is 4.31 Å². The van der Waals surface area contributed by atoms with Gasteiger partial charge in [0.15, 0.2) is 0 Å². The van der Waals surface area contributed by atoms with E-state index in [1.807, 2.05) is 6.92 Å². The average Bonchev–Trinajstić information content (AvgIpc) is 2.54. The Morgan fingerprint density at radius 1 is 1.04 bits per heavy atom. The summed E-state index contributed by atoms with van der Waals surface area (Å²) < 4.78 is 29.4. The van der Waals surface area contributed by atoms with Crippen molar-refractivity contribution in [2.24, 2.45) is 0 Å². The molecule has 0 radical (unpaired) electrons. The van der Waals surface area contributed by atoms with Crippen LogP contribution in [0.4, 0.5) is 10.5 Å². The van der Waals surface area contributed by atoms with Gasteiger partial charge in [0, 0.05) is 0 Å². The minimum Gasteiger partial charge on any atom is -0.444 e. The predicted octanol–water partition coefficient (Wildman–Crippen LogP) is 4.70. The Balaban J connectivity index is 2.44. The van der Waals surface area contributed by atoms with Gasteiger partial charge in [-0.25, -0.2) is 13.2 Å². The number of hydrogen-bond acceptors (Lipinski definition) is 4. The molecule has 0 atom stereocenters. The highest BCUT2D eigenvalue weighted by atomic mass is 35.6. The first-order chi connectivity index (χ1) is 11.6. The molecule has 0 N–H and O–H groups in total. The zero-order valence-electron chi connectivity index (χ0n) is 13.0. The standard InChI is InChI=1S/C16H14Cl3NO4S/c1-12-7-9-14(10-8-12)25(22,23)20(13-5-3-2-4-6-13)15(21)24-11-16(17,18)19/h2-10H,11H2,1H3. The van der Waals surface area contributed by atoms with Crippen LogP contribution >= 0.6 is 34.8 Å². The summed E-state index contributed by atoms with van der Waals surface area (Å²) in [7, 11) is -4.21. The molecule has 2 rings (SSSR count). The van der Waals surface area contributed by atoms with Gasteiger partial charge in [0.2, 0.25) is 3.79 Å². The molecule has 25 heavy (non-hydrogen) atoms. The second-order valence-electron chi connectivity index (χ2n) is 5.09. The third-order valence-electron chi connectivity index (χ3n) is 3.08. The second kappa shape index (κ2) is 7.83. The molecule has 0 aliphatic carbocycles. The van der Waals surface area contributed by atoms with E-state index in [-0.39, 0.29) is 10.6 Å². The number of rotatable bonds is 4. The summed E-state index contributed by atoms with van der Waals surface area (Å²) >= 11 is 16.7. The van der Waals surface area contributed by atoms with Gasteiger partial charge >= 0.3 is 6.09 Å². The highest BCUT2D eigenvalue weighted by Gasteiger charge is 2.34. The minimum atomic E-state index is -4.21. The largest absolute Gasteiger partial charge is 0.444 e. The van der Waals surface area contributed by atoms with E-state index < -0.39 is 26.5 Å². The van der Waals surface area contributed by atoms with Crippen molar-refractivity contribution in [1.29, 1.82) is 0 Å². The molecule has 0 heterocycles. The Kier molecular flexibility index (Phi) is 6.21. The van der Waals surface area contributed by atoms with E-state index >= 15 is 0 Å². The van der Waals surface area contributed by atoms with Crippen LogP contribution in [0.2, 0.25) is 0 Å². The predicted molar refractivity (Wildman–Crippen MR) is 98.9 cm³/mol. The number of aryl methyl sites for hydroxylation is 1. The SMILES string of the molecule is Cc1ccc(S(=O)(=O)N(C(=O)OCC(Cl)(Cl)Cl)c2ccccc2)cc1. The molecule has 134 valence electrons. The third-order valence-corrected chi connectivity index (χ3v) is 5.11. The van der Waals surface area contributed by atoms with Gasteiger partial charge < -0.3 is 4.74 Å². The molecule has 0 saturated heterocycles. The maximum absolute atomic E-state index is 12.9. The van der Waals surface area contributed by atoms with Gasteiger partial charge in [-0.2, -0.15) is 4.31 Å². The number of sulfonamides is 1. The van der Waals surface area contributed by atoms with E-state index in [9.17, 15) is 13.2 Å². The summed E-state index contributed by atoms with van der Waals surface area (Å²) in [6, 6.07) is 13.9. The van der Waals surface area contributed by atoms with Gasteiger partial charge in [-0.15, -0.1) is 0 Å². The molecular weight excluding hydrogens is 409 g/mol. The molecule has 5 nitrogen and oxygen atoms in total. The average molecular weight is 423 g/mol. The van der Waals surface area contributed by atoms with Crippen LogP contribution in [0.5, 0.6) is 0 Å². The van der Waals surface area contributed by atoms with Crippen LogP contribution in [-0.2, 0) is 14.8 Å². The van der Waals surface area contributed by atoms with E-state index in [4.69, 9.17) is 39.5 Å². The first kappa shape index (κ1) is 19.8. The lowest BCUT2D eigenvalue weighted by molar-refractivity contribution is 0.160. The molecular formula is C16H14Cl3NO4S. The number of anilines is 1. The van der Waals surface area contributed by atoms with Gasteiger partial charge in [-0.1, -0.05) is 70.7 Å². The first-order valence-corrected chi connectivity index (χ1v) is 9.59. The highest BCUT2D eigenvalue weighted by Crippen LogP contribution is 2.28. The highest BCUT2D eigenvalue weighted by molar-refractivity contribution is 7.93. The van der Waals surface area contributed by atoms with Gasteiger partial charge in [0.05, 0.1) is 10.6 Å². The number of para-hydroxylation sites is 1. The summed E-state index contributed by atoms with van der Waals surface area (Å²) in [5.41, 5.74) is 0.987. The van der Waals surface area contributed by atoms with Crippen molar-refractivity contribution in [1.82, 2.24) is 0 Å². The van der Waals surface area contributed by atoms with Crippen LogP contribution in [0.25, 0.3) is 0 Å². The molecule has 0 aliphatic heterocycles. The molecule has 0 spiro atoms. The molecule has 2 aromatic rings. The lowest BCUT2D eigenvalue weighted by Gasteiger charge is -2.23. The number of halogens is 3. The van der Waals surface area contributed by atoms with Crippen LogP contribution in [0.3, 0.4) is 0 Å². The number of carbonyl (C=O) groups is 1. The number of amides is 1. The second-order valence-corrected chi connectivity index (χ2v) is 9.39. The number of benzene rings is 2. The Bertz CT molecular complexity index is 834. The number of nitrogens with zero attached hydrogens (tertiary/aromatic N) is 1. The summed E-state index contributed by atoms with van der Waals surface area (Å²) in [6.45, 7) is 1.23. The molecule has 0 unspecified atom stereocenters.